The van der Waals surface area contributed by atoms with E-state index in [1.165, 1.54) is 4.31 Å². The van der Waals surface area contributed by atoms with Crippen molar-refractivity contribution in [1.82, 2.24) is 14.2 Å². The lowest BCUT2D eigenvalue weighted by Gasteiger charge is -2.33. The molecule has 27 heavy (non-hydrogen) atoms. The molecule has 1 aliphatic rings. The number of aromatic nitrogens is 1. The number of hydrogen-bond acceptors (Lipinski definition) is 6. The molecular formula is C16H18BrN3O5S2. The number of aryl methyl sites for hydroxylation is 1. The lowest BCUT2D eigenvalue weighted by atomic mass is 10.3. The largest absolute Gasteiger partial charge is 0.484 e. The molecule has 1 saturated heterocycles. The van der Waals surface area contributed by atoms with Crippen LogP contribution in [0.1, 0.15) is 5.69 Å². The number of thiazole rings is 1. The van der Waals surface area contributed by atoms with E-state index in [4.69, 9.17) is 4.74 Å². The molecule has 1 aliphatic heterocycles. The fourth-order valence-corrected chi connectivity index (χ4v) is 5.82. The summed E-state index contributed by atoms with van der Waals surface area (Å²) >= 11 is 4.01. The molecule has 0 aliphatic carbocycles. The standard InChI is InChI=1S/C16H18BrN3O5S2/c1-11-15(26-16(22)18-11)27(23,24)20-8-6-19(7-9-20)14(21)10-25-13-4-2-12(17)3-5-13/h2-5H,6-10H2,1H3,(H,18,22). The van der Waals surface area contributed by atoms with Crippen molar-refractivity contribution in [3.8, 4) is 5.75 Å². The number of sulfonamides is 1. The van der Waals surface area contributed by atoms with Crippen molar-refractivity contribution in [2.24, 2.45) is 0 Å². The van der Waals surface area contributed by atoms with E-state index in [9.17, 15) is 18.0 Å². The number of carbonyl (C=O) groups is 1. The number of hydrogen-bond donors (Lipinski definition) is 1. The van der Waals surface area contributed by atoms with Crippen LogP contribution in [0, 0.1) is 6.92 Å². The summed E-state index contributed by atoms with van der Waals surface area (Å²) in [7, 11) is -3.73. The van der Waals surface area contributed by atoms with Crippen LogP contribution in [-0.2, 0) is 14.8 Å². The van der Waals surface area contributed by atoms with E-state index in [0.29, 0.717) is 22.8 Å². The summed E-state index contributed by atoms with van der Waals surface area (Å²) in [5.41, 5.74) is 0.339. The molecule has 8 nitrogen and oxygen atoms in total. The Hall–Kier alpha value is -1.69. The van der Waals surface area contributed by atoms with Crippen molar-refractivity contribution in [1.29, 1.82) is 0 Å². The Morgan fingerprint density at radius 2 is 1.85 bits per heavy atom. The predicted octanol–water partition coefficient (Wildman–Crippen LogP) is 1.42. The highest BCUT2D eigenvalue weighted by Crippen LogP contribution is 2.22. The van der Waals surface area contributed by atoms with E-state index in [1.807, 2.05) is 12.1 Å². The van der Waals surface area contributed by atoms with Crippen LogP contribution in [0.15, 0.2) is 37.7 Å². The van der Waals surface area contributed by atoms with Crippen LogP contribution in [0.4, 0.5) is 0 Å². The first-order valence-corrected chi connectivity index (χ1v) is 11.2. The van der Waals surface area contributed by atoms with Gasteiger partial charge in [-0.15, -0.1) is 0 Å². The second-order valence-electron chi connectivity index (χ2n) is 5.95. The van der Waals surface area contributed by atoms with Gasteiger partial charge in [-0.1, -0.05) is 27.3 Å². The highest BCUT2D eigenvalue weighted by atomic mass is 79.9. The summed E-state index contributed by atoms with van der Waals surface area (Å²) in [6.45, 7) is 2.37. The number of H-pyrrole nitrogens is 1. The number of rotatable bonds is 5. The average molecular weight is 476 g/mol. The second kappa shape index (κ2) is 8.13. The van der Waals surface area contributed by atoms with Gasteiger partial charge in [-0.05, 0) is 31.2 Å². The normalized spacial score (nSPS) is 15.7. The molecule has 0 unspecified atom stereocenters. The van der Waals surface area contributed by atoms with E-state index in [2.05, 4.69) is 20.9 Å². The first kappa shape index (κ1) is 20.1. The maximum atomic E-state index is 12.7. The summed E-state index contributed by atoms with van der Waals surface area (Å²) in [4.78, 5) is 27.4. The van der Waals surface area contributed by atoms with E-state index in [0.717, 1.165) is 4.47 Å². The molecule has 0 spiro atoms. The number of benzene rings is 1. The average Bonchev–Trinajstić information content (AvgIpc) is 3.00. The Labute approximate surface area is 168 Å². The maximum absolute atomic E-state index is 12.7. The number of amides is 1. The van der Waals surface area contributed by atoms with E-state index >= 15 is 0 Å². The smallest absolute Gasteiger partial charge is 0.305 e. The molecule has 2 aromatic rings. The van der Waals surface area contributed by atoms with Gasteiger partial charge in [0.1, 0.15) is 5.75 Å². The van der Waals surface area contributed by atoms with Gasteiger partial charge in [0.25, 0.3) is 15.9 Å². The van der Waals surface area contributed by atoms with Gasteiger partial charge in [0.15, 0.2) is 10.8 Å². The van der Waals surface area contributed by atoms with Gasteiger partial charge in [-0.3, -0.25) is 9.59 Å². The van der Waals surface area contributed by atoms with Crippen molar-refractivity contribution in [3.05, 3.63) is 44.1 Å². The zero-order valence-corrected chi connectivity index (χ0v) is 17.7. The van der Waals surface area contributed by atoms with Crippen molar-refractivity contribution in [3.63, 3.8) is 0 Å². The van der Waals surface area contributed by atoms with Gasteiger partial charge in [-0.25, -0.2) is 8.42 Å². The number of nitrogens with zero attached hydrogens (tertiary/aromatic N) is 2. The summed E-state index contributed by atoms with van der Waals surface area (Å²) in [6, 6.07) is 7.15. The van der Waals surface area contributed by atoms with Gasteiger partial charge in [0.05, 0.1) is 0 Å². The molecule has 146 valence electrons. The Kier molecular flexibility index (Phi) is 6.04. The molecule has 0 bridgehead atoms. The number of aromatic amines is 1. The van der Waals surface area contributed by atoms with Crippen LogP contribution >= 0.6 is 27.3 Å². The quantitative estimate of drug-likeness (QED) is 0.704. The summed E-state index contributed by atoms with van der Waals surface area (Å²) in [5, 5.41) is 0. The minimum absolute atomic E-state index is 0.0332. The van der Waals surface area contributed by atoms with Crippen molar-refractivity contribution in [2.75, 3.05) is 32.8 Å². The topological polar surface area (TPSA) is 99.8 Å². The van der Waals surface area contributed by atoms with Gasteiger partial charge in [-0.2, -0.15) is 4.31 Å². The number of carbonyl (C=O) groups excluding carboxylic acids is 1. The van der Waals surface area contributed by atoms with Crippen molar-refractivity contribution >= 4 is 43.2 Å². The van der Waals surface area contributed by atoms with Crippen molar-refractivity contribution < 1.29 is 17.9 Å². The van der Waals surface area contributed by atoms with Crippen LogP contribution in [0.3, 0.4) is 0 Å². The Morgan fingerprint density at radius 3 is 2.41 bits per heavy atom. The monoisotopic (exact) mass is 475 g/mol. The first-order chi connectivity index (χ1) is 12.8. The third-order valence-corrected chi connectivity index (χ3v) is 8.13. The molecule has 1 aromatic carbocycles. The lowest BCUT2D eigenvalue weighted by molar-refractivity contribution is -0.134. The zero-order valence-electron chi connectivity index (χ0n) is 14.5. The summed E-state index contributed by atoms with van der Waals surface area (Å²) in [6.07, 6.45) is 0. The number of nitrogens with one attached hydrogen (secondary N) is 1. The molecule has 11 heteroatoms. The molecule has 1 fully saturated rings. The highest BCUT2D eigenvalue weighted by molar-refractivity contribution is 9.10. The first-order valence-electron chi connectivity index (χ1n) is 8.13. The molecule has 3 rings (SSSR count). The van der Waals surface area contributed by atoms with Crippen LogP contribution < -0.4 is 9.61 Å². The van der Waals surface area contributed by atoms with E-state index in [1.54, 1.807) is 24.0 Å². The van der Waals surface area contributed by atoms with E-state index in [-0.39, 0.29) is 42.9 Å². The Morgan fingerprint density at radius 1 is 1.22 bits per heavy atom. The van der Waals surface area contributed by atoms with Gasteiger partial charge in [0, 0.05) is 36.3 Å². The molecule has 0 atom stereocenters. The predicted molar refractivity (Wildman–Crippen MR) is 105 cm³/mol. The minimum atomic E-state index is -3.73. The van der Waals surface area contributed by atoms with Crippen LogP contribution in [0.2, 0.25) is 0 Å². The fourth-order valence-electron chi connectivity index (χ4n) is 2.70. The second-order valence-corrected chi connectivity index (χ2v) is 9.99. The Bertz CT molecular complexity index is 976. The summed E-state index contributed by atoms with van der Waals surface area (Å²) < 4.78 is 33.1. The highest BCUT2D eigenvalue weighted by Gasteiger charge is 2.32. The third-order valence-electron chi connectivity index (χ3n) is 4.12. The van der Waals surface area contributed by atoms with Crippen molar-refractivity contribution in [2.45, 2.75) is 11.1 Å². The maximum Gasteiger partial charge on any atom is 0.305 e. The third kappa shape index (κ3) is 4.60. The van der Waals surface area contributed by atoms with Crippen LogP contribution in [0.5, 0.6) is 5.75 Å². The number of ether oxygens (including phenoxy) is 1. The molecule has 1 amide bonds. The van der Waals surface area contributed by atoms with Crippen LogP contribution in [0.25, 0.3) is 0 Å². The summed E-state index contributed by atoms with van der Waals surface area (Å²) in [5.74, 6) is 0.392. The number of piperazine rings is 1. The molecule has 1 aromatic heterocycles. The van der Waals surface area contributed by atoms with E-state index < -0.39 is 14.9 Å². The SMILES string of the molecule is Cc1[nH]c(=O)sc1S(=O)(=O)N1CCN(C(=O)COc2ccc(Br)cc2)CC1. The molecule has 1 N–H and O–H groups in total. The Balaban J connectivity index is 1.56. The number of halogens is 1. The minimum Gasteiger partial charge on any atom is -0.484 e. The lowest BCUT2D eigenvalue weighted by Crippen LogP contribution is -2.51. The fraction of sp³-hybridized carbons (Fsp3) is 0.375. The van der Waals surface area contributed by atoms with Gasteiger partial charge < -0.3 is 14.6 Å². The molecule has 0 saturated carbocycles. The van der Waals surface area contributed by atoms with Gasteiger partial charge in [0.2, 0.25) is 0 Å². The molecule has 2 heterocycles. The molecular weight excluding hydrogens is 458 g/mol. The zero-order chi connectivity index (χ0) is 19.6. The van der Waals surface area contributed by atoms with Gasteiger partial charge >= 0.3 is 4.87 Å². The van der Waals surface area contributed by atoms with Crippen LogP contribution in [-0.4, -0.2) is 61.3 Å². The molecule has 0 radical (unpaired) electrons.